The maximum absolute atomic E-state index is 12.4. The first kappa shape index (κ1) is 21.1. The maximum atomic E-state index is 12.4. The zero-order chi connectivity index (χ0) is 20.8. The SMILES string of the molecule is COC(=O)C1=CO[C@@H](O[C@H]2O[C@@H](CO)[C@H](O)[C@@H](O)[C@@H]2O)[C@@H]2C(=O)[C@@H](O)C[C@]12O. The fourth-order valence-electron chi connectivity index (χ4n) is 3.67. The summed E-state index contributed by atoms with van der Waals surface area (Å²) in [5.41, 5.74) is -2.54. The highest BCUT2D eigenvalue weighted by Gasteiger charge is 2.63. The van der Waals surface area contributed by atoms with Gasteiger partial charge in [-0.05, 0) is 0 Å². The molecule has 0 aromatic heterocycles. The zero-order valence-corrected chi connectivity index (χ0v) is 14.7. The van der Waals surface area contributed by atoms with Crippen LogP contribution in [0.4, 0.5) is 0 Å². The summed E-state index contributed by atoms with van der Waals surface area (Å²) in [5, 5.41) is 59.8. The van der Waals surface area contributed by atoms with Gasteiger partial charge in [0.2, 0.25) is 6.29 Å². The Kier molecular flexibility index (Phi) is 5.76. The van der Waals surface area contributed by atoms with Crippen molar-refractivity contribution in [3.05, 3.63) is 11.8 Å². The van der Waals surface area contributed by atoms with Crippen LogP contribution < -0.4 is 0 Å². The first-order valence-electron chi connectivity index (χ1n) is 8.50. The highest BCUT2D eigenvalue weighted by molar-refractivity contribution is 5.97. The van der Waals surface area contributed by atoms with Gasteiger partial charge in [0.05, 0.1) is 20.0 Å². The molecule has 0 bridgehead atoms. The van der Waals surface area contributed by atoms with Crippen LogP contribution >= 0.6 is 0 Å². The molecule has 0 aromatic carbocycles. The van der Waals surface area contributed by atoms with E-state index < -0.39 is 85.0 Å². The molecule has 28 heavy (non-hydrogen) atoms. The molecule has 6 N–H and O–H groups in total. The average molecular weight is 406 g/mol. The van der Waals surface area contributed by atoms with Gasteiger partial charge in [0.15, 0.2) is 12.1 Å². The minimum atomic E-state index is -2.15. The van der Waals surface area contributed by atoms with Crippen molar-refractivity contribution >= 4 is 11.8 Å². The van der Waals surface area contributed by atoms with Gasteiger partial charge in [0, 0.05) is 6.42 Å². The summed E-state index contributed by atoms with van der Waals surface area (Å²) in [5.74, 6) is -3.40. The Balaban J connectivity index is 1.87. The lowest BCUT2D eigenvalue weighted by molar-refractivity contribution is -0.342. The van der Waals surface area contributed by atoms with Crippen LogP contribution in [0.5, 0.6) is 0 Å². The monoisotopic (exact) mass is 406 g/mol. The number of aliphatic hydroxyl groups is 6. The zero-order valence-electron chi connectivity index (χ0n) is 14.7. The molecule has 1 aliphatic carbocycles. The van der Waals surface area contributed by atoms with Crippen molar-refractivity contribution in [1.82, 2.24) is 0 Å². The second-order valence-corrected chi connectivity index (χ2v) is 6.89. The van der Waals surface area contributed by atoms with Crippen molar-refractivity contribution in [1.29, 1.82) is 0 Å². The second-order valence-electron chi connectivity index (χ2n) is 6.89. The molecule has 12 heteroatoms. The fourth-order valence-corrected chi connectivity index (χ4v) is 3.67. The summed E-state index contributed by atoms with van der Waals surface area (Å²) >= 11 is 0. The topological polar surface area (TPSA) is 192 Å². The quantitative estimate of drug-likeness (QED) is 0.248. The van der Waals surface area contributed by atoms with Crippen LogP contribution in [0.15, 0.2) is 11.8 Å². The average Bonchev–Trinajstić information content (AvgIpc) is 2.91. The predicted octanol–water partition coefficient (Wildman–Crippen LogP) is -4.10. The molecule has 0 spiro atoms. The number of rotatable bonds is 4. The molecule has 0 radical (unpaired) electrons. The fraction of sp³-hybridized carbons (Fsp3) is 0.750. The Hall–Kier alpha value is -1.64. The molecule has 12 nitrogen and oxygen atoms in total. The van der Waals surface area contributed by atoms with Gasteiger partial charge in [-0.2, -0.15) is 0 Å². The highest BCUT2D eigenvalue weighted by atomic mass is 16.8. The predicted molar refractivity (Wildman–Crippen MR) is 83.9 cm³/mol. The number of esters is 1. The molecule has 0 unspecified atom stereocenters. The Labute approximate surface area is 158 Å². The van der Waals surface area contributed by atoms with Crippen molar-refractivity contribution in [2.45, 2.75) is 55.1 Å². The van der Waals surface area contributed by atoms with E-state index in [1.54, 1.807) is 0 Å². The smallest absolute Gasteiger partial charge is 0.339 e. The van der Waals surface area contributed by atoms with Crippen LogP contribution in [0.25, 0.3) is 0 Å². The largest absolute Gasteiger partial charge is 0.471 e. The number of ketones is 1. The molecule has 2 aliphatic heterocycles. The standard InChI is InChI=1S/C16H22O12/c1-25-13(23)5-4-26-14(8-9(19)6(18)2-16(5,8)24)28-15-12(22)11(21)10(20)7(3-17)27-15/h4,6-8,10-12,14-15,17-18,20-22,24H,2-3H2,1H3/t6-,7-,8-,10-,11+,12-,14-,15+,16-/m0/s1. The van der Waals surface area contributed by atoms with E-state index in [4.69, 9.17) is 14.2 Å². The number of ether oxygens (including phenoxy) is 4. The van der Waals surface area contributed by atoms with Crippen LogP contribution in [0, 0.1) is 5.92 Å². The Bertz CT molecular complexity index is 662. The van der Waals surface area contributed by atoms with Crippen LogP contribution in [-0.4, -0.2) is 105 Å². The number of hydrogen-bond acceptors (Lipinski definition) is 12. The third-order valence-electron chi connectivity index (χ3n) is 5.23. The number of aliphatic hydroxyl groups excluding tert-OH is 5. The Morgan fingerprint density at radius 3 is 2.50 bits per heavy atom. The molecule has 9 atom stereocenters. The summed E-state index contributed by atoms with van der Waals surface area (Å²) in [6.07, 6.45) is -10.9. The molecule has 1 saturated heterocycles. The lowest BCUT2D eigenvalue weighted by Crippen LogP contribution is -2.61. The van der Waals surface area contributed by atoms with E-state index in [0.717, 1.165) is 13.4 Å². The maximum Gasteiger partial charge on any atom is 0.339 e. The van der Waals surface area contributed by atoms with E-state index in [9.17, 15) is 40.2 Å². The minimum absolute atomic E-state index is 0.390. The normalized spacial score (nSPS) is 45.8. The van der Waals surface area contributed by atoms with Gasteiger partial charge in [-0.3, -0.25) is 4.79 Å². The van der Waals surface area contributed by atoms with Gasteiger partial charge in [0.25, 0.3) is 0 Å². The number of methoxy groups -OCH3 is 1. The molecule has 158 valence electrons. The van der Waals surface area contributed by atoms with Crippen LogP contribution in [0.2, 0.25) is 0 Å². The van der Waals surface area contributed by atoms with Crippen molar-refractivity contribution < 1.29 is 59.2 Å². The van der Waals surface area contributed by atoms with E-state index in [-0.39, 0.29) is 0 Å². The van der Waals surface area contributed by atoms with Crippen molar-refractivity contribution in [3.8, 4) is 0 Å². The van der Waals surface area contributed by atoms with E-state index in [1.807, 2.05) is 0 Å². The summed E-state index contributed by atoms with van der Waals surface area (Å²) < 4.78 is 20.4. The number of hydrogen-bond donors (Lipinski definition) is 6. The third kappa shape index (κ3) is 3.21. The molecule has 2 fully saturated rings. The van der Waals surface area contributed by atoms with Gasteiger partial charge in [0.1, 0.15) is 47.6 Å². The summed E-state index contributed by atoms with van der Waals surface area (Å²) in [6.45, 7) is -0.701. The molecule has 0 aromatic rings. The van der Waals surface area contributed by atoms with Gasteiger partial charge in [-0.25, -0.2) is 4.79 Å². The van der Waals surface area contributed by atoms with Gasteiger partial charge >= 0.3 is 5.97 Å². The van der Waals surface area contributed by atoms with Crippen molar-refractivity contribution in [2.75, 3.05) is 13.7 Å². The van der Waals surface area contributed by atoms with E-state index in [1.165, 1.54) is 0 Å². The van der Waals surface area contributed by atoms with Gasteiger partial charge in [-0.15, -0.1) is 0 Å². The van der Waals surface area contributed by atoms with Crippen LogP contribution in [0.1, 0.15) is 6.42 Å². The van der Waals surface area contributed by atoms with Gasteiger partial charge in [-0.1, -0.05) is 0 Å². The summed E-state index contributed by atoms with van der Waals surface area (Å²) in [7, 11) is 1.06. The minimum Gasteiger partial charge on any atom is -0.471 e. The number of Topliss-reactive ketones (excluding diaryl/α,β-unsaturated/α-hetero) is 1. The molecular formula is C16H22O12. The van der Waals surface area contributed by atoms with Crippen molar-refractivity contribution in [2.24, 2.45) is 5.92 Å². The lowest BCUT2D eigenvalue weighted by Gasteiger charge is -2.43. The van der Waals surface area contributed by atoms with Crippen LogP contribution in [0.3, 0.4) is 0 Å². The molecule has 2 heterocycles. The summed E-state index contributed by atoms with van der Waals surface area (Å²) in [6, 6.07) is 0. The first-order valence-corrected chi connectivity index (χ1v) is 8.50. The highest BCUT2D eigenvalue weighted by Crippen LogP contribution is 2.45. The first-order chi connectivity index (χ1) is 13.2. The van der Waals surface area contributed by atoms with E-state index in [2.05, 4.69) is 4.74 Å². The number of carbonyl (C=O) groups is 2. The molecule has 1 saturated carbocycles. The van der Waals surface area contributed by atoms with Gasteiger partial charge < -0.3 is 49.6 Å². The number of carbonyl (C=O) groups excluding carboxylic acids is 2. The molecule has 3 aliphatic rings. The Morgan fingerprint density at radius 1 is 1.21 bits per heavy atom. The molecular weight excluding hydrogens is 384 g/mol. The number of fused-ring (bicyclic) bond motifs is 1. The second kappa shape index (κ2) is 7.65. The third-order valence-corrected chi connectivity index (χ3v) is 5.23. The Morgan fingerprint density at radius 2 is 1.89 bits per heavy atom. The van der Waals surface area contributed by atoms with Crippen LogP contribution in [-0.2, 0) is 28.5 Å². The van der Waals surface area contributed by atoms with E-state index >= 15 is 0 Å². The molecule has 3 rings (SSSR count). The lowest BCUT2D eigenvalue weighted by atomic mass is 9.81. The van der Waals surface area contributed by atoms with Crippen molar-refractivity contribution in [3.63, 3.8) is 0 Å². The summed E-state index contributed by atoms with van der Waals surface area (Å²) in [4.78, 5) is 24.3. The van der Waals surface area contributed by atoms with E-state index in [0.29, 0.717) is 0 Å². The molecule has 0 amide bonds.